The SMILES string of the molecule is O=C(Cc1ccsc1)N1CCCC2(CCN(Cc3ccccc3)C2)C1. The van der Waals surface area contributed by atoms with Crippen molar-refractivity contribution in [2.75, 3.05) is 26.2 Å². The first-order valence-electron chi connectivity index (χ1n) is 9.28. The summed E-state index contributed by atoms with van der Waals surface area (Å²) < 4.78 is 0. The van der Waals surface area contributed by atoms with E-state index in [1.807, 2.05) is 0 Å². The smallest absolute Gasteiger partial charge is 0.227 e. The van der Waals surface area contributed by atoms with Gasteiger partial charge in [-0.3, -0.25) is 9.69 Å². The molecule has 25 heavy (non-hydrogen) atoms. The normalized spacial score (nSPS) is 24.1. The average Bonchev–Trinajstić information content (AvgIpc) is 3.26. The maximum absolute atomic E-state index is 12.7. The fourth-order valence-corrected chi connectivity index (χ4v) is 5.11. The van der Waals surface area contributed by atoms with Crippen molar-refractivity contribution in [1.82, 2.24) is 9.80 Å². The lowest BCUT2D eigenvalue weighted by Gasteiger charge is -2.40. The predicted molar refractivity (Wildman–Crippen MR) is 103 cm³/mol. The lowest BCUT2D eigenvalue weighted by molar-refractivity contribution is -0.133. The lowest BCUT2D eigenvalue weighted by atomic mass is 9.79. The third-order valence-corrected chi connectivity index (χ3v) is 6.45. The van der Waals surface area contributed by atoms with Gasteiger partial charge >= 0.3 is 0 Å². The second kappa shape index (κ2) is 7.30. The zero-order valence-corrected chi connectivity index (χ0v) is 15.5. The maximum atomic E-state index is 12.7. The molecule has 2 aliphatic heterocycles. The van der Waals surface area contributed by atoms with E-state index in [0.717, 1.165) is 44.7 Å². The molecule has 1 aromatic heterocycles. The quantitative estimate of drug-likeness (QED) is 0.834. The summed E-state index contributed by atoms with van der Waals surface area (Å²) in [5, 5.41) is 4.15. The Morgan fingerprint density at radius 3 is 2.72 bits per heavy atom. The molecule has 2 saturated heterocycles. The van der Waals surface area contributed by atoms with Crippen LogP contribution in [0.5, 0.6) is 0 Å². The second-order valence-corrected chi connectivity index (χ2v) is 8.45. The van der Waals surface area contributed by atoms with Crippen LogP contribution in [-0.2, 0) is 17.8 Å². The molecule has 1 spiro atoms. The van der Waals surface area contributed by atoms with E-state index in [4.69, 9.17) is 0 Å². The van der Waals surface area contributed by atoms with Gasteiger partial charge in [-0.25, -0.2) is 0 Å². The summed E-state index contributed by atoms with van der Waals surface area (Å²) in [4.78, 5) is 17.4. The minimum absolute atomic E-state index is 0.305. The van der Waals surface area contributed by atoms with Gasteiger partial charge < -0.3 is 4.90 Å². The zero-order valence-electron chi connectivity index (χ0n) is 14.7. The van der Waals surface area contributed by atoms with Crippen LogP contribution in [0.1, 0.15) is 30.4 Å². The highest BCUT2D eigenvalue weighted by molar-refractivity contribution is 7.08. The van der Waals surface area contributed by atoms with Crippen molar-refractivity contribution in [1.29, 1.82) is 0 Å². The van der Waals surface area contributed by atoms with Crippen molar-refractivity contribution in [2.24, 2.45) is 5.41 Å². The van der Waals surface area contributed by atoms with Gasteiger partial charge in [0.2, 0.25) is 5.91 Å². The fraction of sp³-hybridized carbons (Fsp3) is 0.476. The van der Waals surface area contributed by atoms with E-state index < -0.39 is 0 Å². The highest BCUT2D eigenvalue weighted by Crippen LogP contribution is 2.39. The van der Waals surface area contributed by atoms with Gasteiger partial charge in [0.15, 0.2) is 0 Å². The molecule has 4 heteroatoms. The number of hydrogen-bond acceptors (Lipinski definition) is 3. The minimum atomic E-state index is 0.305. The van der Waals surface area contributed by atoms with Crippen LogP contribution in [0.4, 0.5) is 0 Å². The molecule has 0 bridgehead atoms. The number of piperidine rings is 1. The van der Waals surface area contributed by atoms with Gasteiger partial charge in [-0.1, -0.05) is 30.3 Å². The third-order valence-electron chi connectivity index (χ3n) is 5.72. The summed E-state index contributed by atoms with van der Waals surface area (Å²) in [6.07, 6.45) is 4.20. The van der Waals surface area contributed by atoms with E-state index in [1.165, 1.54) is 18.4 Å². The molecule has 4 rings (SSSR count). The molecule has 0 saturated carbocycles. The summed E-state index contributed by atoms with van der Waals surface area (Å²) in [7, 11) is 0. The molecule has 0 radical (unpaired) electrons. The number of nitrogens with zero attached hydrogens (tertiary/aromatic N) is 2. The molecule has 2 fully saturated rings. The summed E-state index contributed by atoms with van der Waals surface area (Å²) in [5.41, 5.74) is 2.87. The van der Waals surface area contributed by atoms with Crippen LogP contribution in [-0.4, -0.2) is 41.9 Å². The van der Waals surface area contributed by atoms with E-state index >= 15 is 0 Å². The molecule has 2 aliphatic rings. The number of amides is 1. The van der Waals surface area contributed by atoms with E-state index in [9.17, 15) is 4.79 Å². The highest BCUT2D eigenvalue weighted by Gasteiger charge is 2.42. The van der Waals surface area contributed by atoms with Crippen LogP contribution in [0.3, 0.4) is 0 Å². The van der Waals surface area contributed by atoms with Crippen molar-refractivity contribution in [3.8, 4) is 0 Å². The number of likely N-dealkylation sites (tertiary alicyclic amines) is 2. The largest absolute Gasteiger partial charge is 0.342 e. The molecule has 132 valence electrons. The number of rotatable bonds is 4. The van der Waals surface area contributed by atoms with Gasteiger partial charge in [0.1, 0.15) is 0 Å². The molecular weight excluding hydrogens is 328 g/mol. The summed E-state index contributed by atoms with van der Waals surface area (Å²) in [6, 6.07) is 12.8. The first-order valence-corrected chi connectivity index (χ1v) is 10.2. The molecule has 1 amide bonds. The van der Waals surface area contributed by atoms with Gasteiger partial charge in [-0.15, -0.1) is 0 Å². The minimum Gasteiger partial charge on any atom is -0.342 e. The van der Waals surface area contributed by atoms with Crippen LogP contribution >= 0.6 is 11.3 Å². The Hall–Kier alpha value is -1.65. The molecule has 1 unspecified atom stereocenters. The maximum Gasteiger partial charge on any atom is 0.227 e. The molecule has 2 aromatic rings. The van der Waals surface area contributed by atoms with Crippen LogP contribution in [0.15, 0.2) is 47.2 Å². The molecule has 0 N–H and O–H groups in total. The standard InChI is InChI=1S/C21H26N2OS/c24-20(13-19-7-12-25-15-19)23-10-4-8-21(17-23)9-11-22(16-21)14-18-5-2-1-3-6-18/h1-3,5-7,12,15H,4,8-11,13-14,16-17H2. The highest BCUT2D eigenvalue weighted by atomic mass is 32.1. The Balaban J connectivity index is 1.36. The van der Waals surface area contributed by atoms with E-state index in [2.05, 4.69) is 57.0 Å². The van der Waals surface area contributed by atoms with Crippen LogP contribution < -0.4 is 0 Å². The second-order valence-electron chi connectivity index (χ2n) is 7.67. The molecule has 0 aliphatic carbocycles. The molecule has 3 heterocycles. The van der Waals surface area contributed by atoms with Crippen LogP contribution in [0, 0.1) is 5.41 Å². The zero-order chi connectivity index (χ0) is 17.1. The Labute approximate surface area is 154 Å². The fourth-order valence-electron chi connectivity index (χ4n) is 4.44. The van der Waals surface area contributed by atoms with Gasteiger partial charge in [-0.05, 0) is 53.8 Å². The Kier molecular flexibility index (Phi) is 4.91. The number of thiophene rings is 1. The number of benzene rings is 1. The van der Waals surface area contributed by atoms with Crippen molar-refractivity contribution in [2.45, 2.75) is 32.2 Å². The van der Waals surface area contributed by atoms with Gasteiger partial charge in [-0.2, -0.15) is 11.3 Å². The van der Waals surface area contributed by atoms with Crippen molar-refractivity contribution < 1.29 is 4.79 Å². The van der Waals surface area contributed by atoms with E-state index in [1.54, 1.807) is 11.3 Å². The number of carbonyl (C=O) groups is 1. The molecular formula is C21H26N2OS. The van der Waals surface area contributed by atoms with Crippen LogP contribution in [0.2, 0.25) is 0 Å². The van der Waals surface area contributed by atoms with Crippen molar-refractivity contribution in [3.63, 3.8) is 0 Å². The molecule has 3 nitrogen and oxygen atoms in total. The van der Waals surface area contributed by atoms with Crippen molar-refractivity contribution in [3.05, 3.63) is 58.3 Å². The summed E-state index contributed by atoms with van der Waals surface area (Å²) >= 11 is 1.67. The van der Waals surface area contributed by atoms with Crippen molar-refractivity contribution >= 4 is 17.2 Å². The number of hydrogen-bond donors (Lipinski definition) is 0. The van der Waals surface area contributed by atoms with E-state index in [0.29, 0.717) is 17.7 Å². The predicted octanol–water partition coefficient (Wildman–Crippen LogP) is 3.81. The average molecular weight is 355 g/mol. The van der Waals surface area contributed by atoms with Crippen LogP contribution in [0.25, 0.3) is 0 Å². The monoisotopic (exact) mass is 354 g/mol. The lowest BCUT2D eigenvalue weighted by Crippen LogP contribution is -2.47. The first kappa shape index (κ1) is 16.8. The van der Waals surface area contributed by atoms with Gasteiger partial charge in [0.05, 0.1) is 6.42 Å². The van der Waals surface area contributed by atoms with Gasteiger partial charge in [0, 0.05) is 31.6 Å². The van der Waals surface area contributed by atoms with E-state index in [-0.39, 0.29) is 0 Å². The first-order chi connectivity index (χ1) is 12.2. The van der Waals surface area contributed by atoms with Gasteiger partial charge in [0.25, 0.3) is 0 Å². The Bertz CT molecular complexity index is 700. The summed E-state index contributed by atoms with van der Waals surface area (Å²) in [5.74, 6) is 0.305. The molecule has 1 aromatic carbocycles. The third kappa shape index (κ3) is 3.96. The Morgan fingerprint density at radius 2 is 1.92 bits per heavy atom. The molecule has 1 atom stereocenters. The topological polar surface area (TPSA) is 23.6 Å². The number of carbonyl (C=O) groups excluding carboxylic acids is 1. The summed E-state index contributed by atoms with van der Waals surface area (Å²) in [6.45, 7) is 5.20. The Morgan fingerprint density at radius 1 is 1.04 bits per heavy atom.